The molecule has 0 bridgehead atoms. The molecule has 1 unspecified atom stereocenters. The Morgan fingerprint density at radius 2 is 2.35 bits per heavy atom. The van der Waals surface area contributed by atoms with E-state index in [1.54, 1.807) is 11.3 Å². The van der Waals surface area contributed by atoms with Crippen molar-refractivity contribution in [3.05, 3.63) is 38.8 Å². The standard InChI is InChI=1S/C12H16BrN3S/c1-3-14-12(11-5-10(13)8-17-11)9-6-15-16(4-2)7-9/h5-8,12,14H,3-4H2,1-2H3. The van der Waals surface area contributed by atoms with Crippen LogP contribution in [0, 0.1) is 0 Å². The van der Waals surface area contributed by atoms with E-state index in [9.17, 15) is 0 Å². The van der Waals surface area contributed by atoms with E-state index in [1.807, 2.05) is 10.9 Å². The van der Waals surface area contributed by atoms with Gasteiger partial charge in [0.25, 0.3) is 0 Å². The Hall–Kier alpha value is -0.650. The first-order valence-corrected chi connectivity index (χ1v) is 7.41. The molecule has 0 amide bonds. The molecule has 0 spiro atoms. The zero-order valence-electron chi connectivity index (χ0n) is 9.98. The highest BCUT2D eigenvalue weighted by molar-refractivity contribution is 9.10. The number of hydrogen-bond donors (Lipinski definition) is 1. The Kier molecular flexibility index (Phi) is 4.36. The van der Waals surface area contributed by atoms with Crippen molar-refractivity contribution in [1.29, 1.82) is 0 Å². The van der Waals surface area contributed by atoms with Gasteiger partial charge in [-0.1, -0.05) is 6.92 Å². The highest BCUT2D eigenvalue weighted by Gasteiger charge is 2.16. The maximum absolute atomic E-state index is 4.34. The molecular formula is C12H16BrN3S. The van der Waals surface area contributed by atoms with Crippen LogP contribution in [0.2, 0.25) is 0 Å². The average Bonchev–Trinajstić information content (AvgIpc) is 2.94. The molecule has 0 aliphatic carbocycles. The van der Waals surface area contributed by atoms with Gasteiger partial charge < -0.3 is 5.32 Å². The molecule has 0 aromatic carbocycles. The number of hydrogen-bond acceptors (Lipinski definition) is 3. The summed E-state index contributed by atoms with van der Waals surface area (Å²) in [5, 5.41) is 9.96. The number of aromatic nitrogens is 2. The fourth-order valence-corrected chi connectivity index (χ4v) is 3.31. The van der Waals surface area contributed by atoms with Crippen LogP contribution in [-0.4, -0.2) is 16.3 Å². The first-order valence-electron chi connectivity index (χ1n) is 5.74. The molecule has 1 N–H and O–H groups in total. The van der Waals surface area contributed by atoms with Crippen molar-refractivity contribution in [3.63, 3.8) is 0 Å². The number of rotatable bonds is 5. The molecule has 2 heterocycles. The number of thiophene rings is 1. The summed E-state index contributed by atoms with van der Waals surface area (Å²) in [7, 11) is 0. The molecule has 0 saturated carbocycles. The zero-order valence-corrected chi connectivity index (χ0v) is 12.4. The predicted octanol–water partition coefficient (Wildman–Crippen LogP) is 3.43. The van der Waals surface area contributed by atoms with Crippen molar-refractivity contribution in [1.82, 2.24) is 15.1 Å². The molecule has 3 nitrogen and oxygen atoms in total. The van der Waals surface area contributed by atoms with Crippen molar-refractivity contribution in [2.45, 2.75) is 26.4 Å². The first-order chi connectivity index (χ1) is 8.24. The van der Waals surface area contributed by atoms with Crippen LogP contribution in [0.3, 0.4) is 0 Å². The monoisotopic (exact) mass is 313 g/mol. The summed E-state index contributed by atoms with van der Waals surface area (Å²) in [6.45, 7) is 6.07. The van der Waals surface area contributed by atoms with Gasteiger partial charge in [0.2, 0.25) is 0 Å². The van der Waals surface area contributed by atoms with Crippen molar-refractivity contribution in [2.75, 3.05) is 6.54 Å². The molecule has 0 radical (unpaired) electrons. The van der Waals surface area contributed by atoms with Crippen molar-refractivity contribution in [2.24, 2.45) is 0 Å². The minimum absolute atomic E-state index is 0.247. The van der Waals surface area contributed by atoms with Crippen LogP contribution in [-0.2, 0) is 6.54 Å². The molecule has 2 aromatic heterocycles. The Bertz CT molecular complexity index is 478. The Morgan fingerprint density at radius 1 is 1.53 bits per heavy atom. The van der Waals surface area contributed by atoms with Crippen LogP contribution in [0.5, 0.6) is 0 Å². The molecule has 0 saturated heterocycles. The van der Waals surface area contributed by atoms with Gasteiger partial charge in [-0.25, -0.2) is 0 Å². The third-order valence-electron chi connectivity index (χ3n) is 2.59. The Balaban J connectivity index is 2.28. The van der Waals surface area contributed by atoms with E-state index in [0.29, 0.717) is 0 Å². The lowest BCUT2D eigenvalue weighted by molar-refractivity contribution is 0.632. The van der Waals surface area contributed by atoms with E-state index in [1.165, 1.54) is 10.4 Å². The highest BCUT2D eigenvalue weighted by Crippen LogP contribution is 2.29. The average molecular weight is 314 g/mol. The zero-order chi connectivity index (χ0) is 12.3. The molecule has 92 valence electrons. The second kappa shape index (κ2) is 5.80. The van der Waals surface area contributed by atoms with Crippen molar-refractivity contribution in [3.8, 4) is 0 Å². The lowest BCUT2D eigenvalue weighted by Gasteiger charge is -2.14. The van der Waals surface area contributed by atoms with Crippen LogP contribution >= 0.6 is 27.3 Å². The largest absolute Gasteiger partial charge is 0.306 e. The normalized spacial score (nSPS) is 12.9. The molecule has 17 heavy (non-hydrogen) atoms. The van der Waals surface area contributed by atoms with Gasteiger partial charge in [-0.05, 0) is 35.5 Å². The van der Waals surface area contributed by atoms with Gasteiger partial charge >= 0.3 is 0 Å². The van der Waals surface area contributed by atoms with Crippen LogP contribution in [0.4, 0.5) is 0 Å². The maximum atomic E-state index is 4.34. The second-order valence-corrected chi connectivity index (χ2v) is 5.65. The second-order valence-electron chi connectivity index (χ2n) is 3.79. The third kappa shape index (κ3) is 2.97. The molecule has 0 fully saturated rings. The van der Waals surface area contributed by atoms with Gasteiger partial charge in [-0.3, -0.25) is 4.68 Å². The molecule has 5 heteroatoms. The molecule has 0 aliphatic heterocycles. The summed E-state index contributed by atoms with van der Waals surface area (Å²) in [6.07, 6.45) is 4.06. The SMILES string of the molecule is CCNC(c1cnn(CC)c1)c1cc(Br)cs1. The lowest BCUT2D eigenvalue weighted by Crippen LogP contribution is -2.20. The van der Waals surface area contributed by atoms with E-state index < -0.39 is 0 Å². The summed E-state index contributed by atoms with van der Waals surface area (Å²) in [5.41, 5.74) is 1.23. The summed E-state index contributed by atoms with van der Waals surface area (Å²) < 4.78 is 3.10. The fraction of sp³-hybridized carbons (Fsp3) is 0.417. The van der Waals surface area contributed by atoms with Crippen molar-refractivity contribution < 1.29 is 0 Å². The number of nitrogens with zero attached hydrogens (tertiary/aromatic N) is 2. The molecule has 0 aliphatic rings. The van der Waals surface area contributed by atoms with E-state index in [0.717, 1.165) is 17.6 Å². The van der Waals surface area contributed by atoms with Crippen molar-refractivity contribution >= 4 is 27.3 Å². The van der Waals surface area contributed by atoms with Gasteiger partial charge in [0.05, 0.1) is 12.2 Å². The van der Waals surface area contributed by atoms with Gasteiger partial charge in [0.15, 0.2) is 0 Å². The molecule has 1 atom stereocenters. The summed E-state index contributed by atoms with van der Waals surface area (Å²) >= 11 is 5.27. The Labute approximate surface area is 114 Å². The quantitative estimate of drug-likeness (QED) is 0.916. The van der Waals surface area contributed by atoms with Crippen LogP contribution in [0.25, 0.3) is 0 Å². The number of halogens is 1. The van der Waals surface area contributed by atoms with Gasteiger partial charge in [-0.15, -0.1) is 11.3 Å². The summed E-state index contributed by atoms with van der Waals surface area (Å²) in [4.78, 5) is 1.31. The van der Waals surface area contributed by atoms with Gasteiger partial charge in [0.1, 0.15) is 0 Å². The highest BCUT2D eigenvalue weighted by atomic mass is 79.9. The summed E-state index contributed by atoms with van der Waals surface area (Å²) in [6, 6.07) is 2.41. The topological polar surface area (TPSA) is 29.9 Å². The number of nitrogens with one attached hydrogen (secondary N) is 1. The fourth-order valence-electron chi connectivity index (χ4n) is 1.77. The smallest absolute Gasteiger partial charge is 0.0702 e. The van der Waals surface area contributed by atoms with E-state index in [-0.39, 0.29) is 6.04 Å². The van der Waals surface area contributed by atoms with Crippen LogP contribution in [0.15, 0.2) is 28.3 Å². The minimum atomic E-state index is 0.247. The first kappa shape index (κ1) is 12.8. The van der Waals surface area contributed by atoms with E-state index in [2.05, 4.69) is 57.8 Å². The van der Waals surface area contributed by atoms with Gasteiger partial charge in [-0.2, -0.15) is 5.10 Å². The maximum Gasteiger partial charge on any atom is 0.0702 e. The lowest BCUT2D eigenvalue weighted by atomic mass is 10.1. The summed E-state index contributed by atoms with van der Waals surface area (Å²) in [5.74, 6) is 0. The minimum Gasteiger partial charge on any atom is -0.306 e. The third-order valence-corrected chi connectivity index (χ3v) is 4.35. The molecule has 2 rings (SSSR count). The van der Waals surface area contributed by atoms with E-state index in [4.69, 9.17) is 0 Å². The van der Waals surface area contributed by atoms with Crippen LogP contribution < -0.4 is 5.32 Å². The predicted molar refractivity (Wildman–Crippen MR) is 75.4 cm³/mol. The Morgan fingerprint density at radius 3 is 2.88 bits per heavy atom. The van der Waals surface area contributed by atoms with Gasteiger partial charge in [0, 0.05) is 33.0 Å². The molecule has 2 aromatic rings. The molecular weight excluding hydrogens is 298 g/mol. The van der Waals surface area contributed by atoms with E-state index >= 15 is 0 Å². The van der Waals surface area contributed by atoms with Crippen LogP contribution in [0.1, 0.15) is 30.3 Å². The number of aryl methyl sites for hydroxylation is 1.